The van der Waals surface area contributed by atoms with E-state index in [2.05, 4.69) is 5.32 Å². The van der Waals surface area contributed by atoms with Crippen LogP contribution < -0.4 is 10.1 Å². The Hall–Kier alpha value is -2.04. The summed E-state index contributed by atoms with van der Waals surface area (Å²) in [5.74, 6) is -0.549. The maximum Gasteiger partial charge on any atom is 0.306 e. The first kappa shape index (κ1) is 14.4. The molecule has 5 heteroatoms. The number of nitrogens with one attached hydrogen (secondary N) is 1. The third kappa shape index (κ3) is 3.10. The predicted octanol–water partition coefficient (Wildman–Crippen LogP) is 1.99. The topological polar surface area (TPSA) is 75.6 Å². The molecule has 1 aromatic rings. The number of carboxylic acid groups (broad SMARTS) is 1. The quantitative estimate of drug-likeness (QED) is 0.882. The van der Waals surface area contributed by atoms with Crippen LogP contribution in [-0.4, -0.2) is 30.1 Å². The van der Waals surface area contributed by atoms with Crippen molar-refractivity contribution < 1.29 is 19.4 Å². The van der Waals surface area contributed by atoms with E-state index in [1.54, 1.807) is 19.2 Å². The molecule has 0 heterocycles. The van der Waals surface area contributed by atoms with Crippen molar-refractivity contribution >= 4 is 11.9 Å². The van der Waals surface area contributed by atoms with Crippen LogP contribution in [0.4, 0.5) is 0 Å². The maximum atomic E-state index is 12.2. The second kappa shape index (κ2) is 5.94. The average Bonchev–Trinajstić information content (AvgIpc) is 2.87. The van der Waals surface area contributed by atoms with Crippen LogP contribution in [0.3, 0.4) is 0 Å². The van der Waals surface area contributed by atoms with E-state index in [1.165, 1.54) is 0 Å². The zero-order chi connectivity index (χ0) is 14.7. The number of methoxy groups -OCH3 is 1. The van der Waals surface area contributed by atoms with Gasteiger partial charge in [-0.3, -0.25) is 9.59 Å². The van der Waals surface area contributed by atoms with Gasteiger partial charge in [0.15, 0.2) is 0 Å². The van der Waals surface area contributed by atoms with Crippen molar-refractivity contribution in [2.24, 2.45) is 5.92 Å². The lowest BCUT2D eigenvalue weighted by molar-refractivity contribution is -0.141. The normalized spacial score (nSPS) is 21.5. The number of hydrogen-bond donors (Lipinski definition) is 2. The van der Waals surface area contributed by atoms with Crippen LogP contribution in [0.25, 0.3) is 0 Å². The molecular formula is C15H19NO4. The van der Waals surface area contributed by atoms with Crippen LogP contribution in [-0.2, 0) is 4.79 Å². The van der Waals surface area contributed by atoms with Crippen molar-refractivity contribution in [2.45, 2.75) is 32.2 Å². The van der Waals surface area contributed by atoms with E-state index < -0.39 is 5.97 Å². The van der Waals surface area contributed by atoms with Gasteiger partial charge in [-0.05, 0) is 49.9 Å². The Bertz CT molecular complexity index is 527. The Morgan fingerprint density at radius 2 is 2.10 bits per heavy atom. The number of carbonyl (C=O) groups excluding carboxylic acids is 1. The minimum Gasteiger partial charge on any atom is -0.497 e. The summed E-state index contributed by atoms with van der Waals surface area (Å²) in [5, 5.41) is 11.9. The molecule has 1 saturated carbocycles. The first-order valence-corrected chi connectivity index (χ1v) is 6.69. The standard InChI is InChI=1S/C15H19NO4/c1-9-7-12(20-2)5-6-13(9)14(17)16-11-4-3-10(8-11)15(18)19/h5-7,10-11H,3-4,8H2,1-2H3,(H,16,17)(H,18,19)/t10-,11+/m1/s1. The van der Waals surface area contributed by atoms with E-state index >= 15 is 0 Å². The van der Waals surface area contributed by atoms with E-state index in [1.807, 2.05) is 13.0 Å². The van der Waals surface area contributed by atoms with Crippen LogP contribution in [0, 0.1) is 12.8 Å². The van der Waals surface area contributed by atoms with Gasteiger partial charge in [0.2, 0.25) is 0 Å². The number of aliphatic carboxylic acids is 1. The molecule has 1 aliphatic rings. The van der Waals surface area contributed by atoms with Crippen LogP contribution in [0.1, 0.15) is 35.2 Å². The fraction of sp³-hybridized carbons (Fsp3) is 0.467. The molecule has 0 saturated heterocycles. The van der Waals surface area contributed by atoms with Gasteiger partial charge >= 0.3 is 5.97 Å². The highest BCUT2D eigenvalue weighted by atomic mass is 16.5. The summed E-state index contributed by atoms with van der Waals surface area (Å²) in [4.78, 5) is 23.1. The smallest absolute Gasteiger partial charge is 0.306 e. The van der Waals surface area contributed by atoms with Crippen LogP contribution in [0.2, 0.25) is 0 Å². The molecule has 0 unspecified atom stereocenters. The van der Waals surface area contributed by atoms with E-state index in [0.717, 1.165) is 12.0 Å². The zero-order valence-electron chi connectivity index (χ0n) is 11.7. The van der Waals surface area contributed by atoms with Crippen molar-refractivity contribution in [3.63, 3.8) is 0 Å². The highest BCUT2D eigenvalue weighted by Crippen LogP contribution is 2.26. The first-order valence-electron chi connectivity index (χ1n) is 6.69. The molecule has 1 aromatic carbocycles. The van der Waals surface area contributed by atoms with Gasteiger partial charge in [0.25, 0.3) is 5.91 Å². The summed E-state index contributed by atoms with van der Waals surface area (Å²) in [7, 11) is 1.58. The number of carboxylic acids is 1. The number of carbonyl (C=O) groups is 2. The molecule has 2 atom stereocenters. The lowest BCUT2D eigenvalue weighted by Crippen LogP contribution is -2.33. The van der Waals surface area contributed by atoms with Crippen LogP contribution in [0.5, 0.6) is 5.75 Å². The minimum absolute atomic E-state index is 0.0508. The average molecular weight is 277 g/mol. The van der Waals surface area contributed by atoms with E-state index in [4.69, 9.17) is 9.84 Å². The number of aryl methyl sites for hydroxylation is 1. The first-order chi connectivity index (χ1) is 9.51. The Labute approximate surface area is 117 Å². The Kier molecular flexibility index (Phi) is 4.27. The summed E-state index contributed by atoms with van der Waals surface area (Å²) in [6.07, 6.45) is 1.86. The molecule has 20 heavy (non-hydrogen) atoms. The van der Waals surface area contributed by atoms with Gasteiger partial charge < -0.3 is 15.2 Å². The van der Waals surface area contributed by atoms with Gasteiger partial charge in [0, 0.05) is 11.6 Å². The predicted molar refractivity (Wildman–Crippen MR) is 74.0 cm³/mol. The number of ether oxygens (including phenoxy) is 1. The van der Waals surface area contributed by atoms with E-state index in [9.17, 15) is 9.59 Å². The molecule has 0 bridgehead atoms. The van der Waals surface area contributed by atoms with Gasteiger partial charge in [-0.25, -0.2) is 0 Å². The Balaban J connectivity index is 2.01. The van der Waals surface area contributed by atoms with Gasteiger partial charge in [0.05, 0.1) is 13.0 Å². The van der Waals surface area contributed by atoms with Crippen molar-refractivity contribution in [3.05, 3.63) is 29.3 Å². The van der Waals surface area contributed by atoms with Crippen molar-refractivity contribution in [3.8, 4) is 5.75 Å². The number of hydrogen-bond acceptors (Lipinski definition) is 3. The highest BCUT2D eigenvalue weighted by molar-refractivity contribution is 5.96. The molecule has 1 fully saturated rings. The van der Waals surface area contributed by atoms with Crippen molar-refractivity contribution in [1.82, 2.24) is 5.32 Å². The summed E-state index contributed by atoms with van der Waals surface area (Å²) in [6, 6.07) is 5.23. The molecule has 0 radical (unpaired) electrons. The lowest BCUT2D eigenvalue weighted by atomic mass is 10.1. The SMILES string of the molecule is COc1ccc(C(=O)N[C@H]2CC[C@@H](C(=O)O)C2)c(C)c1. The molecule has 108 valence electrons. The fourth-order valence-electron chi connectivity index (χ4n) is 2.62. The minimum atomic E-state index is -0.776. The van der Waals surface area contributed by atoms with Gasteiger partial charge in [0.1, 0.15) is 5.75 Å². The molecular weight excluding hydrogens is 258 g/mol. The van der Waals surface area contributed by atoms with Gasteiger partial charge in [-0.2, -0.15) is 0 Å². The second-order valence-electron chi connectivity index (χ2n) is 5.20. The van der Waals surface area contributed by atoms with E-state index in [-0.39, 0.29) is 17.9 Å². The van der Waals surface area contributed by atoms with Crippen LogP contribution in [0.15, 0.2) is 18.2 Å². The van der Waals surface area contributed by atoms with Gasteiger partial charge in [-0.1, -0.05) is 0 Å². The van der Waals surface area contributed by atoms with E-state index in [0.29, 0.717) is 24.2 Å². The highest BCUT2D eigenvalue weighted by Gasteiger charge is 2.30. The summed E-state index contributed by atoms with van der Waals surface area (Å²) in [5.41, 5.74) is 1.44. The second-order valence-corrected chi connectivity index (χ2v) is 5.20. The number of amides is 1. The number of benzene rings is 1. The fourth-order valence-corrected chi connectivity index (χ4v) is 2.62. The third-order valence-corrected chi connectivity index (χ3v) is 3.80. The van der Waals surface area contributed by atoms with Crippen LogP contribution >= 0.6 is 0 Å². The lowest BCUT2D eigenvalue weighted by Gasteiger charge is -2.14. The third-order valence-electron chi connectivity index (χ3n) is 3.80. The summed E-state index contributed by atoms with van der Waals surface area (Å²) in [6.45, 7) is 1.85. The molecule has 1 aliphatic carbocycles. The molecule has 5 nitrogen and oxygen atoms in total. The van der Waals surface area contributed by atoms with Crippen molar-refractivity contribution in [1.29, 1.82) is 0 Å². The number of rotatable bonds is 4. The summed E-state index contributed by atoms with van der Waals surface area (Å²) < 4.78 is 5.11. The molecule has 2 N–H and O–H groups in total. The zero-order valence-corrected chi connectivity index (χ0v) is 11.7. The molecule has 0 aliphatic heterocycles. The Morgan fingerprint density at radius 3 is 2.65 bits per heavy atom. The maximum absolute atomic E-state index is 12.2. The van der Waals surface area contributed by atoms with Gasteiger partial charge in [-0.15, -0.1) is 0 Å². The monoisotopic (exact) mass is 277 g/mol. The van der Waals surface area contributed by atoms with Crippen molar-refractivity contribution in [2.75, 3.05) is 7.11 Å². The molecule has 1 amide bonds. The molecule has 0 aromatic heterocycles. The largest absolute Gasteiger partial charge is 0.497 e. The molecule has 2 rings (SSSR count). The Morgan fingerprint density at radius 1 is 1.35 bits per heavy atom. The summed E-state index contributed by atoms with van der Waals surface area (Å²) >= 11 is 0. The molecule has 0 spiro atoms.